The summed E-state index contributed by atoms with van der Waals surface area (Å²) < 4.78 is 11.1. The fourth-order valence-corrected chi connectivity index (χ4v) is 2.50. The first-order valence-electron chi connectivity index (χ1n) is 8.39. The number of hydrogen-bond acceptors (Lipinski definition) is 5. The van der Waals surface area contributed by atoms with Gasteiger partial charge in [-0.1, -0.05) is 0 Å². The summed E-state index contributed by atoms with van der Waals surface area (Å²) in [4.78, 5) is 21.7. The molecule has 1 aromatic carbocycles. The molecule has 1 amide bonds. The fraction of sp³-hybridized carbons (Fsp3) is 0.444. The number of H-pyrrole nitrogens is 1. The quantitative estimate of drug-likeness (QED) is 0.726. The number of ether oxygens (including phenoxy) is 2. The van der Waals surface area contributed by atoms with Crippen molar-refractivity contribution in [3.05, 3.63) is 41.5 Å². The molecule has 25 heavy (non-hydrogen) atoms. The van der Waals surface area contributed by atoms with Crippen LogP contribution in [-0.4, -0.2) is 52.2 Å². The van der Waals surface area contributed by atoms with Crippen LogP contribution in [0, 0.1) is 6.92 Å². The zero-order valence-electron chi connectivity index (χ0n) is 14.9. The third kappa shape index (κ3) is 4.96. The SMILES string of the molecule is CCOc1ccc(C(=O)N(CCO)Cc2cnc(C)[nH]2)cc1OCC. The van der Waals surface area contributed by atoms with E-state index in [1.54, 1.807) is 29.3 Å². The zero-order chi connectivity index (χ0) is 18.2. The molecule has 1 aromatic heterocycles. The Morgan fingerprint density at radius 1 is 1.24 bits per heavy atom. The number of benzene rings is 1. The van der Waals surface area contributed by atoms with Crippen molar-refractivity contribution in [3.8, 4) is 11.5 Å². The predicted octanol–water partition coefficient (Wildman–Crippen LogP) is 2.15. The minimum absolute atomic E-state index is 0.117. The van der Waals surface area contributed by atoms with Crippen LogP contribution in [0.3, 0.4) is 0 Å². The summed E-state index contributed by atoms with van der Waals surface area (Å²) in [6.45, 7) is 7.07. The molecule has 136 valence electrons. The number of hydrogen-bond donors (Lipinski definition) is 2. The van der Waals surface area contributed by atoms with Crippen molar-refractivity contribution in [2.24, 2.45) is 0 Å². The number of aromatic nitrogens is 2. The summed E-state index contributed by atoms with van der Waals surface area (Å²) in [6, 6.07) is 5.12. The molecule has 0 bridgehead atoms. The second-order valence-electron chi connectivity index (χ2n) is 5.47. The van der Waals surface area contributed by atoms with E-state index in [2.05, 4.69) is 9.97 Å². The highest BCUT2D eigenvalue weighted by atomic mass is 16.5. The topological polar surface area (TPSA) is 87.7 Å². The van der Waals surface area contributed by atoms with Crippen molar-refractivity contribution < 1.29 is 19.4 Å². The van der Waals surface area contributed by atoms with Crippen LogP contribution < -0.4 is 9.47 Å². The van der Waals surface area contributed by atoms with Crippen LogP contribution in [0.25, 0.3) is 0 Å². The standard InChI is InChI=1S/C18H25N3O4/c1-4-24-16-7-6-14(10-17(16)25-5-2)18(23)21(8-9-22)12-15-11-19-13(3)20-15/h6-7,10-11,22H,4-5,8-9,12H2,1-3H3,(H,19,20). The van der Waals surface area contributed by atoms with E-state index < -0.39 is 0 Å². The van der Waals surface area contributed by atoms with Gasteiger partial charge in [-0.2, -0.15) is 0 Å². The minimum atomic E-state index is -0.190. The number of aryl methyl sites for hydroxylation is 1. The zero-order valence-corrected chi connectivity index (χ0v) is 14.9. The number of imidazole rings is 1. The molecule has 0 saturated heterocycles. The number of carbonyl (C=O) groups is 1. The van der Waals surface area contributed by atoms with Crippen LogP contribution in [0.5, 0.6) is 11.5 Å². The molecular formula is C18H25N3O4. The third-order valence-corrected chi connectivity index (χ3v) is 3.56. The summed E-state index contributed by atoms with van der Waals surface area (Å²) in [5, 5.41) is 9.30. The van der Waals surface area contributed by atoms with Crippen molar-refractivity contribution >= 4 is 5.91 Å². The van der Waals surface area contributed by atoms with Gasteiger partial charge in [0.2, 0.25) is 0 Å². The second-order valence-corrected chi connectivity index (χ2v) is 5.47. The largest absolute Gasteiger partial charge is 0.490 e. The van der Waals surface area contributed by atoms with Gasteiger partial charge in [0.05, 0.1) is 38.3 Å². The molecule has 0 aliphatic heterocycles. The van der Waals surface area contributed by atoms with E-state index in [0.717, 1.165) is 11.5 Å². The number of aliphatic hydroxyl groups excluding tert-OH is 1. The normalized spacial score (nSPS) is 10.6. The molecule has 0 fully saturated rings. The Morgan fingerprint density at radius 2 is 1.96 bits per heavy atom. The van der Waals surface area contributed by atoms with E-state index in [1.165, 1.54) is 0 Å². The number of amides is 1. The average molecular weight is 347 g/mol. The van der Waals surface area contributed by atoms with Crippen molar-refractivity contribution in [2.45, 2.75) is 27.3 Å². The molecule has 1 heterocycles. The minimum Gasteiger partial charge on any atom is -0.490 e. The molecule has 2 N–H and O–H groups in total. The first kappa shape index (κ1) is 18.8. The van der Waals surface area contributed by atoms with Crippen LogP contribution in [0.1, 0.15) is 35.7 Å². The van der Waals surface area contributed by atoms with E-state index in [0.29, 0.717) is 36.8 Å². The van der Waals surface area contributed by atoms with Crippen molar-refractivity contribution in [2.75, 3.05) is 26.4 Å². The Morgan fingerprint density at radius 3 is 2.56 bits per heavy atom. The summed E-state index contributed by atoms with van der Waals surface area (Å²) in [6.07, 6.45) is 1.69. The number of aromatic amines is 1. The van der Waals surface area contributed by atoms with Crippen molar-refractivity contribution in [1.82, 2.24) is 14.9 Å². The number of rotatable bonds is 9. The Kier molecular flexibility index (Phi) is 6.82. The monoisotopic (exact) mass is 347 g/mol. The Labute approximate surface area is 147 Å². The lowest BCUT2D eigenvalue weighted by Gasteiger charge is -2.22. The lowest BCUT2D eigenvalue weighted by molar-refractivity contribution is 0.0705. The highest BCUT2D eigenvalue weighted by Crippen LogP contribution is 2.29. The van der Waals surface area contributed by atoms with Crippen LogP contribution in [-0.2, 0) is 6.54 Å². The van der Waals surface area contributed by atoms with E-state index >= 15 is 0 Å². The van der Waals surface area contributed by atoms with E-state index in [-0.39, 0.29) is 19.1 Å². The highest BCUT2D eigenvalue weighted by Gasteiger charge is 2.19. The van der Waals surface area contributed by atoms with Gasteiger partial charge in [0.1, 0.15) is 5.82 Å². The number of aliphatic hydroxyl groups is 1. The first-order valence-corrected chi connectivity index (χ1v) is 8.39. The fourth-order valence-electron chi connectivity index (χ4n) is 2.50. The maximum Gasteiger partial charge on any atom is 0.254 e. The molecule has 7 nitrogen and oxygen atoms in total. The Hall–Kier alpha value is -2.54. The van der Waals surface area contributed by atoms with Gasteiger partial charge in [-0.3, -0.25) is 4.79 Å². The van der Waals surface area contributed by atoms with Gasteiger partial charge in [-0.15, -0.1) is 0 Å². The van der Waals surface area contributed by atoms with Crippen LogP contribution in [0.15, 0.2) is 24.4 Å². The van der Waals surface area contributed by atoms with E-state index in [1.807, 2.05) is 20.8 Å². The van der Waals surface area contributed by atoms with Gasteiger partial charge in [0.25, 0.3) is 5.91 Å². The molecule has 0 unspecified atom stereocenters. The van der Waals surface area contributed by atoms with Gasteiger partial charge in [0.15, 0.2) is 11.5 Å². The van der Waals surface area contributed by atoms with Gasteiger partial charge in [-0.05, 0) is 39.0 Å². The van der Waals surface area contributed by atoms with Gasteiger partial charge in [0, 0.05) is 12.1 Å². The Bertz CT molecular complexity index is 699. The second kappa shape index (κ2) is 9.08. The Balaban J connectivity index is 2.23. The maximum atomic E-state index is 12.9. The lowest BCUT2D eigenvalue weighted by atomic mass is 10.1. The van der Waals surface area contributed by atoms with Crippen molar-refractivity contribution in [3.63, 3.8) is 0 Å². The highest BCUT2D eigenvalue weighted by molar-refractivity contribution is 5.94. The lowest BCUT2D eigenvalue weighted by Crippen LogP contribution is -2.33. The van der Waals surface area contributed by atoms with E-state index in [4.69, 9.17) is 9.47 Å². The molecule has 2 rings (SSSR count). The molecule has 2 aromatic rings. The smallest absolute Gasteiger partial charge is 0.254 e. The molecule has 0 atom stereocenters. The average Bonchev–Trinajstić information content (AvgIpc) is 3.01. The summed E-state index contributed by atoms with van der Waals surface area (Å²) in [7, 11) is 0. The molecule has 0 aliphatic rings. The summed E-state index contributed by atoms with van der Waals surface area (Å²) in [5.74, 6) is 1.74. The molecule has 0 aliphatic carbocycles. The van der Waals surface area contributed by atoms with Gasteiger partial charge >= 0.3 is 0 Å². The maximum absolute atomic E-state index is 12.9. The van der Waals surface area contributed by atoms with Gasteiger partial charge < -0.3 is 24.5 Å². The molecule has 0 spiro atoms. The number of nitrogens with zero attached hydrogens (tertiary/aromatic N) is 2. The van der Waals surface area contributed by atoms with E-state index in [9.17, 15) is 9.90 Å². The molecule has 0 saturated carbocycles. The molecule has 7 heteroatoms. The van der Waals surface area contributed by atoms with Crippen LogP contribution >= 0.6 is 0 Å². The number of carbonyl (C=O) groups excluding carboxylic acids is 1. The molecule has 0 radical (unpaired) electrons. The van der Waals surface area contributed by atoms with Crippen LogP contribution in [0.2, 0.25) is 0 Å². The van der Waals surface area contributed by atoms with Gasteiger partial charge in [-0.25, -0.2) is 4.98 Å². The summed E-state index contributed by atoms with van der Waals surface area (Å²) in [5.41, 5.74) is 1.30. The van der Waals surface area contributed by atoms with Crippen molar-refractivity contribution in [1.29, 1.82) is 0 Å². The third-order valence-electron chi connectivity index (χ3n) is 3.56. The molecular weight excluding hydrogens is 322 g/mol. The summed E-state index contributed by atoms with van der Waals surface area (Å²) >= 11 is 0. The number of nitrogens with one attached hydrogen (secondary N) is 1. The predicted molar refractivity (Wildman–Crippen MR) is 93.9 cm³/mol. The van der Waals surface area contributed by atoms with Crippen LogP contribution in [0.4, 0.5) is 0 Å². The first-order chi connectivity index (χ1) is 12.1.